The van der Waals surface area contributed by atoms with Gasteiger partial charge in [0.1, 0.15) is 23.5 Å². The molecular formula is C14H23N5. The van der Waals surface area contributed by atoms with E-state index < -0.39 is 5.54 Å². The lowest BCUT2D eigenvalue weighted by atomic mass is 10.1. The molecule has 19 heavy (non-hydrogen) atoms. The summed E-state index contributed by atoms with van der Waals surface area (Å²) in [5.74, 6) is 2.17. The molecule has 0 bridgehead atoms. The van der Waals surface area contributed by atoms with E-state index in [1.54, 1.807) is 0 Å². The van der Waals surface area contributed by atoms with Crippen LogP contribution in [0.3, 0.4) is 0 Å². The van der Waals surface area contributed by atoms with Gasteiger partial charge in [0.2, 0.25) is 0 Å². The van der Waals surface area contributed by atoms with Crippen LogP contribution in [0.1, 0.15) is 40.5 Å². The quantitative estimate of drug-likeness (QED) is 0.738. The van der Waals surface area contributed by atoms with Crippen molar-refractivity contribution in [3.8, 4) is 6.07 Å². The van der Waals surface area contributed by atoms with E-state index in [0.29, 0.717) is 5.82 Å². The van der Waals surface area contributed by atoms with Gasteiger partial charge in [-0.3, -0.25) is 0 Å². The highest BCUT2D eigenvalue weighted by Gasteiger charge is 2.16. The fraction of sp³-hybridized carbons (Fsp3) is 0.643. The molecule has 0 saturated carbocycles. The molecule has 0 spiro atoms. The van der Waals surface area contributed by atoms with Gasteiger partial charge in [-0.05, 0) is 32.6 Å². The van der Waals surface area contributed by atoms with Gasteiger partial charge in [-0.15, -0.1) is 0 Å². The topological polar surface area (TPSA) is 73.6 Å². The van der Waals surface area contributed by atoms with Crippen molar-refractivity contribution in [3.63, 3.8) is 0 Å². The predicted octanol–water partition coefficient (Wildman–Crippen LogP) is 3.04. The lowest BCUT2D eigenvalue weighted by molar-refractivity contribution is 0.566. The number of anilines is 2. The summed E-state index contributed by atoms with van der Waals surface area (Å²) >= 11 is 0. The van der Waals surface area contributed by atoms with Crippen molar-refractivity contribution in [2.45, 2.75) is 46.1 Å². The van der Waals surface area contributed by atoms with Crippen molar-refractivity contribution >= 4 is 11.6 Å². The second kappa shape index (κ2) is 6.93. The largest absolute Gasteiger partial charge is 0.370 e. The molecule has 0 aliphatic heterocycles. The van der Waals surface area contributed by atoms with Crippen molar-refractivity contribution in [1.82, 2.24) is 9.97 Å². The molecule has 2 N–H and O–H groups in total. The van der Waals surface area contributed by atoms with Crippen molar-refractivity contribution in [3.05, 3.63) is 12.4 Å². The lowest BCUT2D eigenvalue weighted by Gasteiger charge is -2.18. The SMILES string of the molecule is CC(C)CCCNc1cc(NC(C)(C)C#N)ncn1. The summed E-state index contributed by atoms with van der Waals surface area (Å²) in [6, 6.07) is 4.01. The molecule has 1 aromatic rings. The number of rotatable bonds is 7. The first-order valence-electron chi connectivity index (χ1n) is 6.68. The normalized spacial score (nSPS) is 11.2. The van der Waals surface area contributed by atoms with E-state index in [-0.39, 0.29) is 0 Å². The summed E-state index contributed by atoms with van der Waals surface area (Å²) < 4.78 is 0. The molecule has 5 nitrogen and oxygen atoms in total. The van der Waals surface area contributed by atoms with Crippen LogP contribution in [0.15, 0.2) is 12.4 Å². The van der Waals surface area contributed by atoms with Crippen LogP contribution in [0.25, 0.3) is 0 Å². The van der Waals surface area contributed by atoms with E-state index in [4.69, 9.17) is 5.26 Å². The molecule has 104 valence electrons. The maximum absolute atomic E-state index is 8.98. The van der Waals surface area contributed by atoms with Gasteiger partial charge in [0, 0.05) is 12.6 Å². The lowest BCUT2D eigenvalue weighted by Crippen LogP contribution is -2.29. The predicted molar refractivity (Wildman–Crippen MR) is 77.9 cm³/mol. The van der Waals surface area contributed by atoms with Gasteiger partial charge in [-0.25, -0.2) is 9.97 Å². The van der Waals surface area contributed by atoms with Gasteiger partial charge >= 0.3 is 0 Å². The molecule has 0 aliphatic rings. The van der Waals surface area contributed by atoms with Crippen LogP contribution in [0.2, 0.25) is 0 Å². The van der Waals surface area contributed by atoms with Crippen LogP contribution in [0.5, 0.6) is 0 Å². The minimum absolute atomic E-state index is 0.636. The Bertz CT molecular complexity index is 434. The first-order chi connectivity index (χ1) is 8.93. The van der Waals surface area contributed by atoms with Gasteiger partial charge in [0.15, 0.2) is 0 Å². The number of hydrogen-bond acceptors (Lipinski definition) is 5. The van der Waals surface area contributed by atoms with Crippen LogP contribution < -0.4 is 10.6 Å². The number of nitrogens with zero attached hydrogens (tertiary/aromatic N) is 3. The highest BCUT2D eigenvalue weighted by molar-refractivity contribution is 5.48. The Labute approximate surface area is 115 Å². The molecule has 0 radical (unpaired) electrons. The molecule has 0 aromatic carbocycles. The van der Waals surface area contributed by atoms with Crippen molar-refractivity contribution in [2.75, 3.05) is 17.2 Å². The number of nitrogens with one attached hydrogen (secondary N) is 2. The van der Waals surface area contributed by atoms with E-state index in [9.17, 15) is 0 Å². The van der Waals surface area contributed by atoms with Gasteiger partial charge < -0.3 is 10.6 Å². The minimum Gasteiger partial charge on any atom is -0.370 e. The molecular weight excluding hydrogens is 238 g/mol. The summed E-state index contributed by atoms with van der Waals surface area (Å²) in [6.07, 6.45) is 3.82. The van der Waals surface area contributed by atoms with E-state index in [2.05, 4.69) is 40.5 Å². The Morgan fingerprint density at radius 2 is 2.00 bits per heavy atom. The van der Waals surface area contributed by atoms with E-state index in [0.717, 1.165) is 24.7 Å². The highest BCUT2D eigenvalue weighted by Crippen LogP contribution is 2.14. The molecule has 0 saturated heterocycles. The number of aromatic nitrogens is 2. The summed E-state index contributed by atoms with van der Waals surface area (Å²) in [7, 11) is 0. The zero-order valence-corrected chi connectivity index (χ0v) is 12.2. The Balaban J connectivity index is 2.51. The summed E-state index contributed by atoms with van der Waals surface area (Å²) in [4.78, 5) is 8.28. The third kappa shape index (κ3) is 6.05. The zero-order valence-electron chi connectivity index (χ0n) is 12.2. The molecule has 0 amide bonds. The molecule has 0 aliphatic carbocycles. The molecule has 0 unspecified atom stereocenters. The Hall–Kier alpha value is -1.83. The second-order valence-corrected chi connectivity index (χ2v) is 5.61. The molecule has 5 heteroatoms. The average molecular weight is 261 g/mol. The number of nitriles is 1. The monoisotopic (exact) mass is 261 g/mol. The van der Waals surface area contributed by atoms with Gasteiger partial charge in [-0.2, -0.15) is 5.26 Å². The Morgan fingerprint density at radius 1 is 1.32 bits per heavy atom. The molecule has 1 heterocycles. The fourth-order valence-electron chi connectivity index (χ4n) is 1.60. The molecule has 0 fully saturated rings. The summed E-state index contributed by atoms with van der Waals surface area (Å²) in [6.45, 7) is 8.96. The minimum atomic E-state index is -0.636. The first kappa shape index (κ1) is 15.2. The maximum Gasteiger partial charge on any atom is 0.132 e. The smallest absolute Gasteiger partial charge is 0.132 e. The molecule has 1 rings (SSSR count). The Kier molecular flexibility index (Phi) is 5.56. The van der Waals surface area contributed by atoms with Crippen LogP contribution in [0.4, 0.5) is 11.6 Å². The average Bonchev–Trinajstić information content (AvgIpc) is 2.34. The Morgan fingerprint density at radius 3 is 2.63 bits per heavy atom. The van der Waals surface area contributed by atoms with E-state index in [1.807, 2.05) is 19.9 Å². The van der Waals surface area contributed by atoms with Gasteiger partial charge in [-0.1, -0.05) is 13.8 Å². The van der Waals surface area contributed by atoms with Crippen LogP contribution in [-0.2, 0) is 0 Å². The molecule has 1 aromatic heterocycles. The standard InChI is InChI=1S/C14H23N5/c1-11(2)6-5-7-16-12-8-13(18-10-17-12)19-14(3,4)9-15/h8,10-11H,5-7H2,1-4H3,(H2,16,17,18,19). The van der Waals surface area contributed by atoms with Crippen LogP contribution >= 0.6 is 0 Å². The summed E-state index contributed by atoms with van der Waals surface area (Å²) in [5.41, 5.74) is -0.636. The molecule has 0 atom stereocenters. The van der Waals surface area contributed by atoms with Gasteiger partial charge in [0.05, 0.1) is 6.07 Å². The summed E-state index contributed by atoms with van der Waals surface area (Å²) in [5, 5.41) is 15.3. The van der Waals surface area contributed by atoms with Crippen LogP contribution in [-0.4, -0.2) is 22.1 Å². The second-order valence-electron chi connectivity index (χ2n) is 5.61. The van der Waals surface area contributed by atoms with Crippen molar-refractivity contribution in [2.24, 2.45) is 5.92 Å². The number of hydrogen-bond donors (Lipinski definition) is 2. The van der Waals surface area contributed by atoms with Gasteiger partial charge in [0.25, 0.3) is 0 Å². The van der Waals surface area contributed by atoms with E-state index >= 15 is 0 Å². The fourth-order valence-corrected chi connectivity index (χ4v) is 1.60. The van der Waals surface area contributed by atoms with E-state index in [1.165, 1.54) is 12.7 Å². The first-order valence-corrected chi connectivity index (χ1v) is 6.68. The zero-order chi connectivity index (χ0) is 14.3. The third-order valence-electron chi connectivity index (χ3n) is 2.65. The third-order valence-corrected chi connectivity index (χ3v) is 2.65. The van der Waals surface area contributed by atoms with Crippen LogP contribution in [0, 0.1) is 17.2 Å². The highest BCUT2D eigenvalue weighted by atomic mass is 15.1. The maximum atomic E-state index is 8.98. The van der Waals surface area contributed by atoms with Crippen molar-refractivity contribution in [1.29, 1.82) is 5.26 Å². The van der Waals surface area contributed by atoms with Crippen molar-refractivity contribution < 1.29 is 0 Å².